The molecule has 20 heavy (non-hydrogen) atoms. The van der Waals surface area contributed by atoms with Gasteiger partial charge in [-0.15, -0.1) is 0 Å². The van der Waals surface area contributed by atoms with Crippen LogP contribution in [0, 0.1) is 0 Å². The lowest BCUT2D eigenvalue weighted by Gasteiger charge is -2.31. The van der Waals surface area contributed by atoms with Gasteiger partial charge in [0.1, 0.15) is 5.75 Å². The Bertz CT molecular complexity index is 460. The Morgan fingerprint density at radius 1 is 1.20 bits per heavy atom. The first kappa shape index (κ1) is 13.7. The van der Waals surface area contributed by atoms with Crippen LogP contribution in [0.4, 0.5) is 0 Å². The summed E-state index contributed by atoms with van der Waals surface area (Å²) >= 11 is 0. The summed E-state index contributed by atoms with van der Waals surface area (Å²) < 4.78 is 5.51. The van der Waals surface area contributed by atoms with Gasteiger partial charge < -0.3 is 10.1 Å². The van der Waals surface area contributed by atoms with Crippen molar-refractivity contribution in [2.45, 2.75) is 25.8 Å². The zero-order chi connectivity index (χ0) is 13.8. The molecule has 2 aliphatic rings. The fourth-order valence-corrected chi connectivity index (χ4v) is 3.18. The summed E-state index contributed by atoms with van der Waals surface area (Å²) in [5, 5.41) is 3.42. The highest BCUT2D eigenvalue weighted by molar-refractivity contribution is 5.68. The Hall–Kier alpha value is -1.32. The quantitative estimate of drug-likeness (QED) is 0.911. The van der Waals surface area contributed by atoms with Crippen molar-refractivity contribution in [1.82, 2.24) is 10.2 Å². The van der Waals surface area contributed by atoms with E-state index in [4.69, 9.17) is 4.74 Å². The lowest BCUT2D eigenvalue weighted by molar-refractivity contribution is 0.200. The molecule has 1 saturated heterocycles. The summed E-state index contributed by atoms with van der Waals surface area (Å²) in [5.41, 5.74) is 2.85. The molecular weight excluding hydrogens is 248 g/mol. The molecule has 0 radical (unpaired) electrons. The number of piperazine rings is 1. The minimum atomic E-state index is 0.638. The molecule has 0 aromatic heterocycles. The van der Waals surface area contributed by atoms with E-state index < -0.39 is 0 Å². The van der Waals surface area contributed by atoms with Gasteiger partial charge in [0.05, 0.1) is 6.61 Å². The van der Waals surface area contributed by atoms with E-state index in [9.17, 15) is 0 Å². The van der Waals surface area contributed by atoms with Crippen molar-refractivity contribution in [3.05, 3.63) is 35.9 Å². The van der Waals surface area contributed by atoms with Gasteiger partial charge in [-0.3, -0.25) is 4.90 Å². The second-order valence-electron chi connectivity index (χ2n) is 5.54. The van der Waals surface area contributed by atoms with E-state index in [1.165, 1.54) is 37.1 Å². The first-order chi connectivity index (χ1) is 9.86. The lowest BCUT2D eigenvalue weighted by atomic mass is 10.1. The summed E-state index contributed by atoms with van der Waals surface area (Å²) in [7, 11) is 0. The molecule has 1 atom stereocenters. The van der Waals surface area contributed by atoms with Crippen molar-refractivity contribution in [3.63, 3.8) is 0 Å². The van der Waals surface area contributed by atoms with Gasteiger partial charge >= 0.3 is 0 Å². The summed E-state index contributed by atoms with van der Waals surface area (Å²) in [6.45, 7) is 7.36. The van der Waals surface area contributed by atoms with Crippen LogP contribution >= 0.6 is 0 Å². The summed E-state index contributed by atoms with van der Waals surface area (Å²) in [4.78, 5) is 2.61. The van der Waals surface area contributed by atoms with Crippen LogP contribution in [0.2, 0.25) is 0 Å². The van der Waals surface area contributed by atoms with Crippen molar-refractivity contribution in [2.24, 2.45) is 0 Å². The largest absolute Gasteiger partial charge is 0.494 e. The standard InChI is InChI=1S/C17H24N2O/c1-2-20-17-7-4-14(5-8-17)15-3-6-16(13-15)19-11-9-18-10-12-19/h4-5,7-8,13,16,18H,2-3,6,9-12H2,1H3. The Balaban J connectivity index is 1.67. The second-order valence-corrected chi connectivity index (χ2v) is 5.54. The van der Waals surface area contributed by atoms with Gasteiger partial charge in [-0.1, -0.05) is 18.2 Å². The van der Waals surface area contributed by atoms with Crippen molar-refractivity contribution in [3.8, 4) is 5.75 Å². The molecule has 1 fully saturated rings. The first-order valence-corrected chi connectivity index (χ1v) is 7.75. The van der Waals surface area contributed by atoms with Gasteiger partial charge in [-0.25, -0.2) is 0 Å². The maximum atomic E-state index is 5.51. The minimum Gasteiger partial charge on any atom is -0.494 e. The van der Waals surface area contributed by atoms with Crippen LogP contribution in [0.1, 0.15) is 25.3 Å². The van der Waals surface area contributed by atoms with Crippen LogP contribution in [0.3, 0.4) is 0 Å². The predicted octanol–water partition coefficient (Wildman–Crippen LogP) is 2.54. The molecular formula is C17H24N2O. The maximum absolute atomic E-state index is 5.51. The third-order valence-electron chi connectivity index (χ3n) is 4.26. The molecule has 0 spiro atoms. The van der Waals surface area contributed by atoms with Crippen LogP contribution in [-0.2, 0) is 0 Å². The Labute approximate surface area is 121 Å². The monoisotopic (exact) mass is 272 g/mol. The van der Waals surface area contributed by atoms with Gasteiger partial charge in [-0.2, -0.15) is 0 Å². The summed E-state index contributed by atoms with van der Waals surface area (Å²) in [6.07, 6.45) is 4.94. The van der Waals surface area contributed by atoms with Crippen LogP contribution in [-0.4, -0.2) is 43.7 Å². The van der Waals surface area contributed by atoms with Crippen molar-refractivity contribution < 1.29 is 4.74 Å². The molecule has 1 N–H and O–H groups in total. The Kier molecular flexibility index (Phi) is 4.38. The molecule has 1 heterocycles. The van der Waals surface area contributed by atoms with Gasteiger partial charge in [-0.05, 0) is 43.0 Å². The van der Waals surface area contributed by atoms with Crippen molar-refractivity contribution >= 4 is 5.57 Å². The van der Waals surface area contributed by atoms with Gasteiger partial charge in [0, 0.05) is 32.2 Å². The normalized spacial score (nSPS) is 23.6. The minimum absolute atomic E-state index is 0.638. The Morgan fingerprint density at radius 2 is 1.95 bits per heavy atom. The second kappa shape index (κ2) is 6.42. The van der Waals surface area contributed by atoms with E-state index in [-0.39, 0.29) is 0 Å². The van der Waals surface area contributed by atoms with E-state index >= 15 is 0 Å². The third-order valence-corrected chi connectivity index (χ3v) is 4.26. The molecule has 1 aliphatic carbocycles. The number of benzene rings is 1. The zero-order valence-electron chi connectivity index (χ0n) is 12.3. The van der Waals surface area contributed by atoms with Gasteiger partial charge in [0.15, 0.2) is 0 Å². The number of hydrogen-bond donors (Lipinski definition) is 1. The first-order valence-electron chi connectivity index (χ1n) is 7.75. The third kappa shape index (κ3) is 3.05. The van der Waals surface area contributed by atoms with E-state index in [2.05, 4.69) is 40.6 Å². The molecule has 3 rings (SSSR count). The smallest absolute Gasteiger partial charge is 0.119 e. The average Bonchev–Trinajstić information content (AvgIpc) is 2.99. The Morgan fingerprint density at radius 3 is 2.65 bits per heavy atom. The van der Waals surface area contributed by atoms with Crippen molar-refractivity contribution in [2.75, 3.05) is 32.8 Å². The predicted molar refractivity (Wildman–Crippen MR) is 83.1 cm³/mol. The van der Waals surface area contributed by atoms with E-state index in [1.807, 2.05) is 6.92 Å². The van der Waals surface area contributed by atoms with E-state index in [0.29, 0.717) is 6.04 Å². The molecule has 0 amide bonds. The van der Waals surface area contributed by atoms with Crippen LogP contribution < -0.4 is 10.1 Å². The number of nitrogens with one attached hydrogen (secondary N) is 1. The fraction of sp³-hybridized carbons (Fsp3) is 0.529. The summed E-state index contributed by atoms with van der Waals surface area (Å²) in [6, 6.07) is 9.18. The number of ether oxygens (including phenoxy) is 1. The average molecular weight is 272 g/mol. The number of allylic oxidation sites excluding steroid dienone is 1. The molecule has 1 aliphatic heterocycles. The number of rotatable bonds is 4. The highest BCUT2D eigenvalue weighted by Crippen LogP contribution is 2.31. The van der Waals surface area contributed by atoms with Crippen LogP contribution in [0.15, 0.2) is 30.3 Å². The topological polar surface area (TPSA) is 24.5 Å². The SMILES string of the molecule is CCOc1ccc(C2=CC(N3CCNCC3)CC2)cc1. The lowest BCUT2D eigenvalue weighted by Crippen LogP contribution is -2.47. The zero-order valence-corrected chi connectivity index (χ0v) is 12.3. The molecule has 3 heteroatoms. The molecule has 108 valence electrons. The van der Waals surface area contributed by atoms with E-state index in [1.54, 1.807) is 0 Å². The maximum Gasteiger partial charge on any atom is 0.119 e. The van der Waals surface area contributed by atoms with Gasteiger partial charge in [0.25, 0.3) is 0 Å². The summed E-state index contributed by atoms with van der Waals surface area (Å²) in [5.74, 6) is 0.966. The van der Waals surface area contributed by atoms with Crippen LogP contribution in [0.25, 0.3) is 5.57 Å². The molecule has 1 aromatic rings. The van der Waals surface area contributed by atoms with Crippen molar-refractivity contribution in [1.29, 1.82) is 0 Å². The number of hydrogen-bond acceptors (Lipinski definition) is 3. The molecule has 1 unspecified atom stereocenters. The fourth-order valence-electron chi connectivity index (χ4n) is 3.18. The molecule has 3 nitrogen and oxygen atoms in total. The van der Waals surface area contributed by atoms with Crippen LogP contribution in [0.5, 0.6) is 5.75 Å². The molecule has 0 bridgehead atoms. The molecule has 0 saturated carbocycles. The highest BCUT2D eigenvalue weighted by Gasteiger charge is 2.23. The van der Waals surface area contributed by atoms with Gasteiger partial charge in [0.2, 0.25) is 0 Å². The highest BCUT2D eigenvalue weighted by atomic mass is 16.5. The number of nitrogens with zero attached hydrogens (tertiary/aromatic N) is 1. The van der Waals surface area contributed by atoms with E-state index in [0.717, 1.165) is 25.4 Å². The molecule has 1 aromatic carbocycles.